The van der Waals surface area contributed by atoms with Gasteiger partial charge in [0.05, 0.1) is 5.25 Å². The first-order chi connectivity index (χ1) is 2.94. The molecule has 0 rings (SSSR count). The second-order valence-electron chi connectivity index (χ2n) is 1.88. The van der Waals surface area contributed by atoms with Gasteiger partial charge < -0.3 is 0 Å². The summed E-state index contributed by atoms with van der Waals surface area (Å²) >= 11 is 0. The lowest BCUT2D eigenvalue weighted by Crippen LogP contribution is -2.10. The van der Waals surface area contributed by atoms with E-state index < -0.39 is 9.84 Å². The minimum Gasteiger partial charge on any atom is -0.229 e. The fraction of sp³-hybridized carbons (Fsp3) is 1.00. The van der Waals surface area contributed by atoms with Crippen LogP contribution in [-0.2, 0) is 9.84 Å². The molecule has 0 fully saturated rings. The van der Waals surface area contributed by atoms with E-state index in [0.29, 0.717) is 0 Å². The molecule has 0 aromatic carbocycles. The Kier molecular flexibility index (Phi) is 4.16. The molecule has 0 heterocycles. The van der Waals surface area contributed by atoms with Gasteiger partial charge in [0.15, 0.2) is 0 Å². The lowest BCUT2D eigenvalue weighted by molar-refractivity contribution is 0.593. The summed E-state index contributed by atoms with van der Waals surface area (Å²) in [5.74, 6) is 0. The van der Waals surface area contributed by atoms with Gasteiger partial charge in [-0.3, -0.25) is 0 Å². The fourth-order valence-electron chi connectivity index (χ4n) is 0. The Morgan fingerprint density at radius 2 is 1.38 bits per heavy atom. The summed E-state index contributed by atoms with van der Waals surface area (Å²) in [6.07, 6.45) is 1.23. The molecule has 0 bridgehead atoms. The average molecular weight is 138 g/mol. The molecule has 8 heavy (non-hydrogen) atoms. The largest absolute Gasteiger partial charge is 0.229 e. The van der Waals surface area contributed by atoms with Crippen molar-refractivity contribution in [1.82, 2.24) is 0 Å². The molecule has 52 valence electrons. The molecule has 0 aromatic rings. The third-order valence-electron chi connectivity index (χ3n) is 0.856. The highest BCUT2D eigenvalue weighted by Crippen LogP contribution is 1.92. The minimum atomic E-state index is -2.74. The second kappa shape index (κ2) is 3.07. The first-order valence-electron chi connectivity index (χ1n) is 2.13. The van der Waals surface area contributed by atoms with Crippen LogP contribution in [-0.4, -0.2) is 19.9 Å². The zero-order chi connectivity index (χ0) is 6.08. The van der Waals surface area contributed by atoms with Gasteiger partial charge in [0.2, 0.25) is 0 Å². The molecule has 0 spiro atoms. The molecule has 0 aromatic heterocycles. The van der Waals surface area contributed by atoms with Crippen molar-refractivity contribution in [2.24, 2.45) is 0 Å². The van der Waals surface area contributed by atoms with Crippen molar-refractivity contribution >= 4 is 9.84 Å². The lowest BCUT2D eigenvalue weighted by Gasteiger charge is -1.96. The van der Waals surface area contributed by atoms with Crippen LogP contribution < -0.4 is 0 Å². The van der Waals surface area contributed by atoms with Gasteiger partial charge in [-0.05, 0) is 13.8 Å². The Labute approximate surface area is 51.8 Å². The molecule has 0 saturated carbocycles. The van der Waals surface area contributed by atoms with Crippen molar-refractivity contribution in [1.29, 1.82) is 0 Å². The molecule has 0 amide bonds. The summed E-state index contributed by atoms with van der Waals surface area (Å²) in [5.41, 5.74) is 0. The number of hydrogen-bond donors (Lipinski definition) is 0. The van der Waals surface area contributed by atoms with Gasteiger partial charge in [0, 0.05) is 6.26 Å². The van der Waals surface area contributed by atoms with Crippen molar-refractivity contribution in [2.75, 3.05) is 6.26 Å². The maximum absolute atomic E-state index is 10.3. The first kappa shape index (κ1) is 10.8. The van der Waals surface area contributed by atoms with Crippen LogP contribution >= 0.6 is 0 Å². The molecule has 0 aliphatic heterocycles. The SMILES string of the molecule is C.CC(C)S(C)(=O)=O. The Hall–Kier alpha value is -0.0500. The summed E-state index contributed by atoms with van der Waals surface area (Å²) in [7, 11) is -2.74. The maximum Gasteiger partial charge on any atom is 0.149 e. The molecule has 3 heteroatoms. The molecule has 0 N–H and O–H groups in total. The monoisotopic (exact) mass is 138 g/mol. The van der Waals surface area contributed by atoms with Gasteiger partial charge in [0.1, 0.15) is 9.84 Å². The Bertz CT molecular complexity index is 133. The van der Waals surface area contributed by atoms with Gasteiger partial charge in [-0.2, -0.15) is 0 Å². The quantitative estimate of drug-likeness (QED) is 0.543. The number of hydrogen-bond acceptors (Lipinski definition) is 2. The number of sulfone groups is 1. The van der Waals surface area contributed by atoms with Gasteiger partial charge in [-0.1, -0.05) is 7.43 Å². The summed E-state index contributed by atoms with van der Waals surface area (Å²) in [4.78, 5) is 0. The van der Waals surface area contributed by atoms with Crippen LogP contribution in [0.1, 0.15) is 21.3 Å². The lowest BCUT2D eigenvalue weighted by atomic mass is 10.6. The van der Waals surface area contributed by atoms with Gasteiger partial charge in [-0.25, -0.2) is 8.42 Å². The zero-order valence-corrected chi connectivity index (χ0v) is 5.62. The predicted octanol–water partition coefficient (Wildman–Crippen LogP) is 1.08. The molecule has 0 aliphatic carbocycles. The van der Waals surface area contributed by atoms with Gasteiger partial charge >= 0.3 is 0 Å². The average Bonchev–Trinajstić information content (AvgIpc) is 1.31. The van der Waals surface area contributed by atoms with E-state index in [2.05, 4.69) is 0 Å². The highest BCUT2D eigenvalue weighted by atomic mass is 32.2. The highest BCUT2D eigenvalue weighted by molar-refractivity contribution is 7.91. The van der Waals surface area contributed by atoms with Crippen LogP contribution in [0.5, 0.6) is 0 Å². The summed E-state index contributed by atoms with van der Waals surface area (Å²) in [5, 5.41) is -0.229. The van der Waals surface area contributed by atoms with E-state index >= 15 is 0 Å². The van der Waals surface area contributed by atoms with Crippen molar-refractivity contribution in [3.05, 3.63) is 0 Å². The van der Waals surface area contributed by atoms with E-state index in [1.165, 1.54) is 6.26 Å². The smallest absolute Gasteiger partial charge is 0.149 e. The molecule has 0 aliphatic rings. The molecule has 0 unspecified atom stereocenters. The topological polar surface area (TPSA) is 34.1 Å². The van der Waals surface area contributed by atoms with E-state index in [9.17, 15) is 8.42 Å². The third kappa shape index (κ3) is 4.12. The van der Waals surface area contributed by atoms with Crippen LogP contribution in [0.3, 0.4) is 0 Å². The standard InChI is InChI=1S/C4H10O2S.CH4/c1-4(2)7(3,5)6;/h4H,1-3H3;1H4. The molecular formula is C5H14O2S. The Morgan fingerprint density at radius 1 is 1.25 bits per heavy atom. The Balaban J connectivity index is 0. The van der Waals surface area contributed by atoms with Crippen LogP contribution in [0.15, 0.2) is 0 Å². The molecule has 0 radical (unpaired) electrons. The van der Waals surface area contributed by atoms with Crippen LogP contribution in [0, 0.1) is 0 Å². The van der Waals surface area contributed by atoms with Crippen LogP contribution in [0.2, 0.25) is 0 Å². The van der Waals surface area contributed by atoms with E-state index in [1.54, 1.807) is 13.8 Å². The van der Waals surface area contributed by atoms with Gasteiger partial charge in [-0.15, -0.1) is 0 Å². The number of rotatable bonds is 1. The molecule has 0 saturated heterocycles. The maximum atomic E-state index is 10.3. The Morgan fingerprint density at radius 3 is 1.38 bits per heavy atom. The van der Waals surface area contributed by atoms with Crippen LogP contribution in [0.25, 0.3) is 0 Å². The summed E-state index contributed by atoms with van der Waals surface area (Å²) < 4.78 is 20.7. The minimum absolute atomic E-state index is 0. The second-order valence-corrected chi connectivity index (χ2v) is 4.48. The fourth-order valence-corrected chi connectivity index (χ4v) is 0. The van der Waals surface area contributed by atoms with E-state index in [1.807, 2.05) is 0 Å². The molecule has 2 nitrogen and oxygen atoms in total. The van der Waals surface area contributed by atoms with E-state index in [0.717, 1.165) is 0 Å². The normalized spacial score (nSPS) is 11.0. The predicted molar refractivity (Wildman–Crippen MR) is 36.7 cm³/mol. The van der Waals surface area contributed by atoms with Crippen molar-refractivity contribution in [3.8, 4) is 0 Å². The zero-order valence-electron chi connectivity index (χ0n) is 4.80. The first-order valence-corrected chi connectivity index (χ1v) is 4.09. The molecular weight excluding hydrogens is 124 g/mol. The van der Waals surface area contributed by atoms with E-state index in [-0.39, 0.29) is 12.7 Å². The third-order valence-corrected chi connectivity index (χ3v) is 2.57. The van der Waals surface area contributed by atoms with Crippen molar-refractivity contribution in [2.45, 2.75) is 26.5 Å². The van der Waals surface area contributed by atoms with Crippen molar-refractivity contribution in [3.63, 3.8) is 0 Å². The molecule has 0 atom stereocenters. The van der Waals surface area contributed by atoms with Crippen LogP contribution in [0.4, 0.5) is 0 Å². The summed E-state index contributed by atoms with van der Waals surface area (Å²) in [6, 6.07) is 0. The van der Waals surface area contributed by atoms with E-state index in [4.69, 9.17) is 0 Å². The highest BCUT2D eigenvalue weighted by Gasteiger charge is 2.05. The van der Waals surface area contributed by atoms with Gasteiger partial charge in [0.25, 0.3) is 0 Å². The summed E-state index contributed by atoms with van der Waals surface area (Å²) in [6.45, 7) is 3.32. The van der Waals surface area contributed by atoms with Crippen molar-refractivity contribution < 1.29 is 8.42 Å².